The molecule has 7 nitrogen and oxygen atoms in total. The quantitative estimate of drug-likeness (QED) is 0.573. The van der Waals surface area contributed by atoms with Gasteiger partial charge in [-0.2, -0.15) is 17.0 Å². The number of benzene rings is 2. The maximum Gasteiger partial charge on any atom is 0.329 e. The van der Waals surface area contributed by atoms with Crippen molar-refractivity contribution in [2.45, 2.75) is 12.5 Å². The SMILES string of the molecule is CSCC[C@@H](NC(=O)c1ccc(Cl)cc1)C(=O)OCC(=O)Nc1ccc(C#N)cc1. The number of nitriles is 1. The van der Waals surface area contributed by atoms with Crippen molar-refractivity contribution in [1.29, 1.82) is 5.26 Å². The van der Waals surface area contributed by atoms with E-state index in [-0.39, 0.29) is 0 Å². The van der Waals surface area contributed by atoms with Crippen LogP contribution in [0.15, 0.2) is 48.5 Å². The highest BCUT2D eigenvalue weighted by Crippen LogP contribution is 2.11. The molecule has 0 fully saturated rings. The minimum Gasteiger partial charge on any atom is -0.454 e. The summed E-state index contributed by atoms with van der Waals surface area (Å²) >= 11 is 7.35. The zero-order chi connectivity index (χ0) is 21.9. The van der Waals surface area contributed by atoms with Crippen LogP contribution in [0.25, 0.3) is 0 Å². The van der Waals surface area contributed by atoms with Crippen LogP contribution in [0.3, 0.4) is 0 Å². The van der Waals surface area contributed by atoms with Gasteiger partial charge in [0, 0.05) is 16.3 Å². The average Bonchev–Trinajstić information content (AvgIpc) is 2.75. The predicted octanol–water partition coefficient (Wildman–Crippen LogP) is 3.25. The summed E-state index contributed by atoms with van der Waals surface area (Å²) in [4.78, 5) is 36.8. The van der Waals surface area contributed by atoms with E-state index in [2.05, 4.69) is 10.6 Å². The van der Waals surface area contributed by atoms with Gasteiger partial charge < -0.3 is 15.4 Å². The van der Waals surface area contributed by atoms with Crippen LogP contribution in [0.1, 0.15) is 22.3 Å². The second kappa shape index (κ2) is 11.9. The zero-order valence-corrected chi connectivity index (χ0v) is 17.8. The van der Waals surface area contributed by atoms with Crippen molar-refractivity contribution < 1.29 is 19.1 Å². The molecule has 0 heterocycles. The number of hydrogen-bond acceptors (Lipinski definition) is 6. The van der Waals surface area contributed by atoms with E-state index in [1.807, 2.05) is 12.3 Å². The molecule has 0 aromatic heterocycles. The van der Waals surface area contributed by atoms with Crippen molar-refractivity contribution in [3.63, 3.8) is 0 Å². The highest BCUT2D eigenvalue weighted by atomic mass is 35.5. The Balaban J connectivity index is 1.91. The molecule has 30 heavy (non-hydrogen) atoms. The van der Waals surface area contributed by atoms with Crippen molar-refractivity contribution in [3.8, 4) is 6.07 Å². The number of nitrogens with zero attached hydrogens (tertiary/aromatic N) is 1. The van der Waals surface area contributed by atoms with Crippen molar-refractivity contribution >= 4 is 46.8 Å². The third kappa shape index (κ3) is 7.43. The predicted molar refractivity (Wildman–Crippen MR) is 116 cm³/mol. The van der Waals surface area contributed by atoms with Crippen LogP contribution in [0.5, 0.6) is 0 Å². The Hall–Kier alpha value is -3.02. The number of carbonyl (C=O) groups is 3. The summed E-state index contributed by atoms with van der Waals surface area (Å²) < 4.78 is 5.09. The lowest BCUT2D eigenvalue weighted by Crippen LogP contribution is -2.43. The van der Waals surface area contributed by atoms with Crippen LogP contribution in [-0.4, -0.2) is 42.4 Å². The van der Waals surface area contributed by atoms with E-state index in [0.29, 0.717) is 34.0 Å². The van der Waals surface area contributed by atoms with E-state index in [1.54, 1.807) is 48.5 Å². The molecular formula is C21H20ClN3O4S. The topological polar surface area (TPSA) is 108 Å². The van der Waals surface area contributed by atoms with E-state index in [1.165, 1.54) is 11.8 Å². The smallest absolute Gasteiger partial charge is 0.329 e. The molecule has 2 aromatic carbocycles. The molecule has 0 saturated heterocycles. The van der Waals surface area contributed by atoms with Crippen LogP contribution < -0.4 is 10.6 Å². The summed E-state index contributed by atoms with van der Waals surface area (Å²) in [6.45, 7) is -0.495. The first-order chi connectivity index (χ1) is 14.4. The first-order valence-electron chi connectivity index (χ1n) is 8.95. The third-order valence-corrected chi connectivity index (χ3v) is 4.85. The number of thioether (sulfide) groups is 1. The first-order valence-corrected chi connectivity index (χ1v) is 10.7. The number of rotatable bonds is 9. The maximum atomic E-state index is 12.4. The Morgan fingerprint density at radius 3 is 2.40 bits per heavy atom. The van der Waals surface area contributed by atoms with Crippen molar-refractivity contribution in [3.05, 3.63) is 64.7 Å². The van der Waals surface area contributed by atoms with Gasteiger partial charge in [-0.1, -0.05) is 11.6 Å². The number of amides is 2. The molecule has 9 heteroatoms. The molecule has 0 aliphatic carbocycles. The monoisotopic (exact) mass is 445 g/mol. The Morgan fingerprint density at radius 2 is 1.80 bits per heavy atom. The Labute approximate surface area is 183 Å². The molecule has 0 unspecified atom stereocenters. The van der Waals surface area contributed by atoms with Crippen LogP contribution >= 0.6 is 23.4 Å². The summed E-state index contributed by atoms with van der Waals surface area (Å²) in [5.41, 5.74) is 1.30. The number of halogens is 1. The number of carbonyl (C=O) groups excluding carboxylic acids is 3. The molecule has 0 spiro atoms. The van der Waals surface area contributed by atoms with Gasteiger partial charge in [0.1, 0.15) is 6.04 Å². The fraction of sp³-hybridized carbons (Fsp3) is 0.238. The Kier molecular flexibility index (Phi) is 9.19. The van der Waals surface area contributed by atoms with Crippen LogP contribution in [0.4, 0.5) is 5.69 Å². The normalized spacial score (nSPS) is 11.1. The standard InChI is InChI=1S/C21H20ClN3O4S/c1-30-11-10-18(25-20(27)15-4-6-16(22)7-5-15)21(28)29-13-19(26)24-17-8-2-14(12-23)3-9-17/h2-9,18H,10-11,13H2,1H3,(H,24,26)(H,25,27)/t18-/m1/s1. The zero-order valence-electron chi connectivity index (χ0n) is 16.2. The molecular weight excluding hydrogens is 426 g/mol. The lowest BCUT2D eigenvalue weighted by atomic mass is 10.1. The lowest BCUT2D eigenvalue weighted by molar-refractivity contribution is -0.149. The summed E-state index contributed by atoms with van der Waals surface area (Å²) in [5.74, 6) is -1.03. The molecule has 156 valence electrons. The van der Waals surface area contributed by atoms with E-state index in [0.717, 1.165) is 0 Å². The van der Waals surface area contributed by atoms with E-state index in [9.17, 15) is 14.4 Å². The highest BCUT2D eigenvalue weighted by Gasteiger charge is 2.23. The largest absolute Gasteiger partial charge is 0.454 e. The second-order valence-electron chi connectivity index (χ2n) is 6.16. The average molecular weight is 446 g/mol. The van der Waals surface area contributed by atoms with Gasteiger partial charge in [0.25, 0.3) is 11.8 Å². The molecule has 2 aromatic rings. The van der Waals surface area contributed by atoms with Gasteiger partial charge in [0.05, 0.1) is 11.6 Å². The minimum absolute atomic E-state index is 0.358. The Morgan fingerprint density at radius 1 is 1.13 bits per heavy atom. The van der Waals surface area contributed by atoms with Gasteiger partial charge in [0.2, 0.25) is 0 Å². The summed E-state index contributed by atoms with van der Waals surface area (Å²) in [5, 5.41) is 14.5. The van der Waals surface area contributed by atoms with E-state index >= 15 is 0 Å². The fourth-order valence-corrected chi connectivity index (χ4v) is 2.99. The van der Waals surface area contributed by atoms with E-state index < -0.39 is 30.4 Å². The highest BCUT2D eigenvalue weighted by molar-refractivity contribution is 7.98. The summed E-state index contributed by atoms with van der Waals surface area (Å²) in [6.07, 6.45) is 2.24. The number of nitrogens with one attached hydrogen (secondary N) is 2. The first kappa shape index (κ1) is 23.3. The molecule has 2 N–H and O–H groups in total. The minimum atomic E-state index is -0.886. The van der Waals surface area contributed by atoms with Gasteiger partial charge in [-0.15, -0.1) is 0 Å². The number of anilines is 1. The van der Waals surface area contributed by atoms with Crippen molar-refractivity contribution in [2.24, 2.45) is 0 Å². The summed E-state index contributed by atoms with van der Waals surface area (Å²) in [7, 11) is 0. The lowest BCUT2D eigenvalue weighted by Gasteiger charge is -2.17. The third-order valence-electron chi connectivity index (χ3n) is 3.95. The Bertz CT molecular complexity index is 927. The summed E-state index contributed by atoms with van der Waals surface area (Å²) in [6, 6.07) is 13.6. The molecule has 0 bridgehead atoms. The van der Waals surface area contributed by atoms with E-state index in [4.69, 9.17) is 21.6 Å². The van der Waals surface area contributed by atoms with Gasteiger partial charge in [-0.05, 0) is 67.0 Å². The van der Waals surface area contributed by atoms with Crippen molar-refractivity contribution in [1.82, 2.24) is 5.32 Å². The molecule has 2 rings (SSSR count). The number of hydrogen-bond donors (Lipinski definition) is 2. The molecule has 2 amide bonds. The van der Waals surface area contributed by atoms with Gasteiger partial charge >= 0.3 is 5.97 Å². The van der Waals surface area contributed by atoms with Gasteiger partial charge in [-0.25, -0.2) is 4.79 Å². The molecule has 1 atom stereocenters. The number of ether oxygens (including phenoxy) is 1. The maximum absolute atomic E-state index is 12.4. The molecule has 0 aliphatic heterocycles. The van der Waals surface area contributed by atoms with Crippen LogP contribution in [-0.2, 0) is 14.3 Å². The molecule has 0 saturated carbocycles. The molecule has 0 aliphatic rings. The number of esters is 1. The van der Waals surface area contributed by atoms with Crippen molar-refractivity contribution in [2.75, 3.05) is 23.9 Å². The van der Waals surface area contributed by atoms with Crippen LogP contribution in [0, 0.1) is 11.3 Å². The fourth-order valence-electron chi connectivity index (χ4n) is 2.39. The van der Waals surface area contributed by atoms with Gasteiger partial charge in [-0.3, -0.25) is 9.59 Å². The van der Waals surface area contributed by atoms with Crippen LogP contribution in [0.2, 0.25) is 5.02 Å². The molecule has 0 radical (unpaired) electrons. The van der Waals surface area contributed by atoms with Gasteiger partial charge in [0.15, 0.2) is 6.61 Å². The second-order valence-corrected chi connectivity index (χ2v) is 7.58.